The summed E-state index contributed by atoms with van der Waals surface area (Å²) in [5, 5.41) is 52.5. The third-order valence-corrected chi connectivity index (χ3v) is 10.3. The predicted octanol–water partition coefficient (Wildman–Crippen LogP) is 8.70. The first-order valence-electron chi connectivity index (χ1n) is 14.7. The van der Waals surface area contributed by atoms with Crippen LogP contribution in [0.15, 0.2) is 93.5 Å². The van der Waals surface area contributed by atoms with Crippen LogP contribution in [0.25, 0.3) is 6.08 Å². The van der Waals surface area contributed by atoms with Crippen molar-refractivity contribution >= 4 is 109 Å². The van der Waals surface area contributed by atoms with Gasteiger partial charge in [-0.05, 0) is 163 Å². The van der Waals surface area contributed by atoms with Gasteiger partial charge in [-0.1, -0.05) is 16.4 Å². The molecule has 4 aliphatic rings. The molecule has 0 radical (unpaired) electrons. The number of halogens is 5. The molecule has 8 rings (SSSR count). The molecule has 0 aliphatic carbocycles. The largest absolute Gasteiger partial charge is 0.503 e. The van der Waals surface area contributed by atoms with Crippen LogP contribution in [0.5, 0.6) is 34.5 Å². The molecule has 264 valence electrons. The zero-order valence-corrected chi connectivity index (χ0v) is 33.8. The summed E-state index contributed by atoms with van der Waals surface area (Å²) < 4.78 is 14.3. The Hall–Kier alpha value is -3.90. The standard InChI is InChI=1S/C34H25Br5N4O8/c35-20-7-16-1-2-27(20)50-28-15-19(11-22(37)30(28)44)13-26(43-49)34(47)40-5-3-17-9-23(38)32(24(39)10-17)51-29-14-18(8-21(36)31(29)45)4-6-41-33(46)25(12-16)42-48/h1-2,4,6-11,14-15,44-45,48-49H,3,5,12-13H2,(H,40,47)(H,41,46)/b6-4+,42-25+,43-26+. The lowest BCUT2D eigenvalue weighted by atomic mass is 10.1. The number of nitrogens with one attached hydrogen (secondary N) is 2. The lowest BCUT2D eigenvalue weighted by Gasteiger charge is -2.15. The van der Waals surface area contributed by atoms with Crippen LogP contribution < -0.4 is 20.1 Å². The van der Waals surface area contributed by atoms with E-state index in [1.807, 2.05) is 0 Å². The lowest BCUT2D eigenvalue weighted by molar-refractivity contribution is -0.115. The third-order valence-electron chi connectivity index (χ3n) is 7.32. The fraction of sp³-hybridized carbons (Fsp3) is 0.118. The number of hydrogen-bond donors (Lipinski definition) is 6. The Bertz CT molecular complexity index is 2100. The topological polar surface area (TPSA) is 182 Å². The molecule has 12 nitrogen and oxygen atoms in total. The van der Waals surface area contributed by atoms with E-state index in [1.54, 1.807) is 54.6 Å². The molecule has 0 spiro atoms. The molecule has 51 heavy (non-hydrogen) atoms. The van der Waals surface area contributed by atoms with Gasteiger partial charge in [0.1, 0.15) is 17.2 Å². The number of carbonyl (C=O) groups is 2. The predicted molar refractivity (Wildman–Crippen MR) is 207 cm³/mol. The molecule has 0 saturated carbocycles. The van der Waals surface area contributed by atoms with E-state index in [9.17, 15) is 30.2 Å². The van der Waals surface area contributed by atoms with Crippen molar-refractivity contribution in [3.63, 3.8) is 0 Å². The van der Waals surface area contributed by atoms with Crippen molar-refractivity contribution in [3.05, 3.63) is 105 Å². The average Bonchev–Trinajstić information content (AvgIpc) is 3.08. The van der Waals surface area contributed by atoms with Gasteiger partial charge in [0.25, 0.3) is 11.8 Å². The summed E-state index contributed by atoms with van der Waals surface area (Å²) in [5.74, 6) is -0.766. The molecule has 4 aliphatic heterocycles. The van der Waals surface area contributed by atoms with Gasteiger partial charge < -0.3 is 40.7 Å². The molecule has 8 bridgehead atoms. The van der Waals surface area contributed by atoms with Crippen molar-refractivity contribution < 1.29 is 39.7 Å². The Morgan fingerprint density at radius 2 is 1.22 bits per heavy atom. The molecule has 6 N–H and O–H groups in total. The minimum absolute atomic E-state index is 0.0437. The smallest absolute Gasteiger partial charge is 0.273 e. The molecule has 0 fully saturated rings. The Kier molecular flexibility index (Phi) is 12.8. The molecule has 17 heteroatoms. The second-order valence-electron chi connectivity index (χ2n) is 10.9. The number of phenolic OH excluding ortho intramolecular Hbond substituents is 2. The van der Waals surface area contributed by atoms with Gasteiger partial charge in [-0.15, -0.1) is 0 Å². The molecule has 4 aromatic rings. The second-order valence-corrected chi connectivity index (χ2v) is 15.2. The summed E-state index contributed by atoms with van der Waals surface area (Å²) in [7, 11) is 0. The van der Waals surface area contributed by atoms with E-state index >= 15 is 0 Å². The highest BCUT2D eigenvalue weighted by atomic mass is 79.9. The van der Waals surface area contributed by atoms with Crippen LogP contribution in [0.4, 0.5) is 0 Å². The summed E-state index contributed by atoms with van der Waals surface area (Å²) >= 11 is 17.1. The van der Waals surface area contributed by atoms with Crippen molar-refractivity contribution in [2.24, 2.45) is 10.3 Å². The summed E-state index contributed by atoms with van der Waals surface area (Å²) in [6.45, 7) is 0.207. The van der Waals surface area contributed by atoms with Crippen LogP contribution in [0.3, 0.4) is 0 Å². The zero-order valence-electron chi connectivity index (χ0n) is 25.9. The van der Waals surface area contributed by atoms with Crippen LogP contribution in [-0.4, -0.2) is 50.4 Å². The number of phenols is 2. The van der Waals surface area contributed by atoms with Gasteiger partial charge in [-0.2, -0.15) is 0 Å². The first kappa shape index (κ1) is 38.3. The second kappa shape index (κ2) is 17.1. The number of aromatic hydroxyl groups is 2. The van der Waals surface area contributed by atoms with Crippen molar-refractivity contribution in [2.45, 2.75) is 19.3 Å². The van der Waals surface area contributed by atoms with E-state index in [1.165, 1.54) is 12.3 Å². The SMILES string of the molecule is O=C1N/C=C/c2cc(Br)c(O)c(c2)Oc2c(Br)cc(cc2Br)CCNC(=O)/C(=N/O)Cc2cc(Br)c(O)c(c2)Oc2ccc(cc2Br)C/C1=N\O. The van der Waals surface area contributed by atoms with Crippen molar-refractivity contribution in [2.75, 3.05) is 6.54 Å². The molecule has 0 aromatic heterocycles. The van der Waals surface area contributed by atoms with Gasteiger partial charge in [-0.3, -0.25) is 9.59 Å². The molecule has 0 atom stereocenters. The van der Waals surface area contributed by atoms with Crippen molar-refractivity contribution in [1.29, 1.82) is 0 Å². The molecule has 0 unspecified atom stereocenters. The van der Waals surface area contributed by atoms with Crippen LogP contribution in [0, 0.1) is 0 Å². The number of oxime groups is 2. The van der Waals surface area contributed by atoms with Gasteiger partial charge in [0.2, 0.25) is 0 Å². The van der Waals surface area contributed by atoms with Crippen molar-refractivity contribution in [3.8, 4) is 34.5 Å². The molecule has 2 amide bonds. The quantitative estimate of drug-likeness (QED) is 0.0747. The number of rotatable bonds is 0. The maximum absolute atomic E-state index is 13.0. The molecule has 4 heterocycles. The fourth-order valence-corrected chi connectivity index (χ4v) is 7.72. The first-order chi connectivity index (χ1) is 24.4. The molecule has 0 saturated heterocycles. The van der Waals surface area contributed by atoms with Crippen LogP contribution in [-0.2, 0) is 28.9 Å². The average molecular weight is 1020 g/mol. The molecular weight excluding hydrogens is 992 g/mol. The molecular formula is C34H25Br5N4O8. The number of benzene rings is 4. The van der Waals surface area contributed by atoms with Crippen molar-refractivity contribution in [1.82, 2.24) is 10.6 Å². The number of ether oxygens (including phenoxy) is 2. The van der Waals surface area contributed by atoms with E-state index in [0.717, 1.165) is 5.56 Å². The maximum atomic E-state index is 13.0. The van der Waals surface area contributed by atoms with Gasteiger partial charge >= 0.3 is 0 Å². The van der Waals surface area contributed by atoms with E-state index in [0.29, 0.717) is 52.5 Å². The van der Waals surface area contributed by atoms with E-state index in [4.69, 9.17) is 9.47 Å². The van der Waals surface area contributed by atoms with Gasteiger partial charge in [0, 0.05) is 25.6 Å². The Labute approximate surface area is 332 Å². The maximum Gasteiger partial charge on any atom is 0.273 e. The highest BCUT2D eigenvalue weighted by molar-refractivity contribution is 9.11. The van der Waals surface area contributed by atoms with Crippen LogP contribution in [0.2, 0.25) is 0 Å². The van der Waals surface area contributed by atoms with E-state index < -0.39 is 11.8 Å². The Morgan fingerprint density at radius 1 is 0.627 bits per heavy atom. The number of carbonyl (C=O) groups excluding carboxylic acids is 2. The minimum atomic E-state index is -0.660. The summed E-state index contributed by atoms with van der Waals surface area (Å²) in [4.78, 5) is 25.9. The Balaban J connectivity index is 1.50. The highest BCUT2D eigenvalue weighted by Gasteiger charge is 2.20. The monoisotopic (exact) mass is 1010 g/mol. The summed E-state index contributed by atoms with van der Waals surface area (Å²) in [6, 6.07) is 14.8. The fourth-order valence-electron chi connectivity index (χ4n) is 4.82. The number of hydrogen-bond acceptors (Lipinski definition) is 10. The lowest BCUT2D eigenvalue weighted by Crippen LogP contribution is -2.33. The Morgan fingerprint density at radius 3 is 1.88 bits per heavy atom. The minimum Gasteiger partial charge on any atom is -0.503 e. The first-order valence-corrected chi connectivity index (χ1v) is 18.7. The van der Waals surface area contributed by atoms with Gasteiger partial charge in [0.05, 0.1) is 22.4 Å². The van der Waals surface area contributed by atoms with Gasteiger partial charge in [-0.25, -0.2) is 0 Å². The van der Waals surface area contributed by atoms with E-state index in [-0.39, 0.29) is 58.3 Å². The number of amides is 2. The summed E-state index contributed by atoms with van der Waals surface area (Å²) in [6.07, 6.45) is 3.21. The molecule has 4 aromatic carbocycles. The number of nitrogens with zero attached hydrogens (tertiary/aromatic N) is 2. The third kappa shape index (κ3) is 9.51. The van der Waals surface area contributed by atoms with Crippen LogP contribution in [0.1, 0.15) is 22.3 Å². The summed E-state index contributed by atoms with van der Waals surface area (Å²) in [5.41, 5.74) is 2.12. The van der Waals surface area contributed by atoms with Crippen LogP contribution >= 0.6 is 79.6 Å². The highest BCUT2D eigenvalue weighted by Crippen LogP contribution is 2.44. The normalized spacial score (nSPS) is 16.5. The van der Waals surface area contributed by atoms with E-state index in [2.05, 4.69) is 101 Å². The van der Waals surface area contributed by atoms with Gasteiger partial charge in [0.15, 0.2) is 28.7 Å². The zero-order chi connectivity index (χ0) is 36.8.